The number of nitrogens with zero attached hydrogens (tertiary/aromatic N) is 2. The lowest BCUT2D eigenvalue weighted by Crippen LogP contribution is -2.45. The quantitative estimate of drug-likeness (QED) is 0.571. The van der Waals surface area contributed by atoms with Crippen molar-refractivity contribution in [3.8, 4) is 6.07 Å². The Morgan fingerprint density at radius 3 is 2.32 bits per heavy atom. The molecular formula is C22H20N2O4. The zero-order chi connectivity index (χ0) is 20.1. The minimum atomic E-state index is -1.77. The summed E-state index contributed by atoms with van der Waals surface area (Å²) in [6.07, 6.45) is -0.220. The molecule has 1 aliphatic heterocycles. The Balaban J connectivity index is 2.03. The first-order valence-corrected chi connectivity index (χ1v) is 9.07. The Morgan fingerprint density at radius 2 is 1.75 bits per heavy atom. The van der Waals surface area contributed by atoms with Crippen LogP contribution in [0.5, 0.6) is 0 Å². The molecule has 0 radical (unpaired) electrons. The van der Waals surface area contributed by atoms with Gasteiger partial charge in [-0.05, 0) is 24.6 Å². The molecule has 1 saturated heterocycles. The van der Waals surface area contributed by atoms with Crippen molar-refractivity contribution in [2.24, 2.45) is 11.3 Å². The molecule has 1 fully saturated rings. The van der Waals surface area contributed by atoms with Gasteiger partial charge in [0.25, 0.3) is 0 Å². The average Bonchev–Trinajstić information content (AvgIpc) is 3.02. The van der Waals surface area contributed by atoms with Crippen LogP contribution in [0.15, 0.2) is 60.7 Å². The number of amides is 2. The second kappa shape index (κ2) is 8.05. The molecule has 1 heterocycles. The Morgan fingerprint density at radius 1 is 1.14 bits per heavy atom. The molecule has 0 bridgehead atoms. The third-order valence-electron chi connectivity index (χ3n) is 4.92. The van der Waals surface area contributed by atoms with Crippen molar-refractivity contribution in [3.05, 3.63) is 66.2 Å². The number of imide groups is 1. The molecule has 0 saturated carbocycles. The lowest BCUT2D eigenvalue weighted by molar-refractivity contribution is -0.156. The number of carbonyl (C=O) groups excluding carboxylic acids is 3. The summed E-state index contributed by atoms with van der Waals surface area (Å²) < 4.78 is 5.16. The minimum Gasteiger partial charge on any atom is -0.465 e. The van der Waals surface area contributed by atoms with Crippen molar-refractivity contribution in [3.63, 3.8) is 0 Å². The van der Waals surface area contributed by atoms with Crippen LogP contribution in [0.4, 0.5) is 5.69 Å². The monoisotopic (exact) mass is 376 g/mol. The normalized spacial score (nSPS) is 18.4. The summed E-state index contributed by atoms with van der Waals surface area (Å²) in [4.78, 5) is 39.7. The number of anilines is 1. The number of carbonyl (C=O) groups is 3. The highest BCUT2D eigenvalue weighted by Gasteiger charge is 2.57. The summed E-state index contributed by atoms with van der Waals surface area (Å²) in [5, 5.41) is 10.0. The van der Waals surface area contributed by atoms with Gasteiger partial charge in [-0.3, -0.25) is 19.3 Å². The average molecular weight is 376 g/mol. The third-order valence-corrected chi connectivity index (χ3v) is 4.92. The fourth-order valence-electron chi connectivity index (χ4n) is 3.54. The van der Waals surface area contributed by atoms with E-state index >= 15 is 0 Å². The van der Waals surface area contributed by atoms with E-state index in [-0.39, 0.29) is 19.4 Å². The highest BCUT2D eigenvalue weighted by Crippen LogP contribution is 2.41. The number of hydrogen-bond donors (Lipinski definition) is 0. The first kappa shape index (κ1) is 19.3. The standard InChI is InChI=1S/C22H20N2O4/c1-2-28-21(27)22(15-23,14-16-9-5-3-6-10-16)18-13-19(25)24(20(18)26)17-11-7-4-8-12-17/h3-12,18H,2,13-14H2,1H3/t18-,22+/m1/s1. The van der Waals surface area contributed by atoms with Crippen molar-refractivity contribution < 1.29 is 19.1 Å². The van der Waals surface area contributed by atoms with Crippen LogP contribution in [0.2, 0.25) is 0 Å². The molecular weight excluding hydrogens is 356 g/mol. The molecule has 0 aliphatic carbocycles. The first-order valence-electron chi connectivity index (χ1n) is 9.07. The number of rotatable bonds is 6. The van der Waals surface area contributed by atoms with Gasteiger partial charge in [-0.1, -0.05) is 48.5 Å². The largest absolute Gasteiger partial charge is 0.465 e. The Kier molecular flexibility index (Phi) is 5.55. The fourth-order valence-corrected chi connectivity index (χ4v) is 3.54. The van der Waals surface area contributed by atoms with Gasteiger partial charge >= 0.3 is 5.97 Å². The van der Waals surface area contributed by atoms with Crippen molar-refractivity contribution in [2.75, 3.05) is 11.5 Å². The summed E-state index contributed by atoms with van der Waals surface area (Å²) in [6, 6.07) is 19.5. The molecule has 0 N–H and O–H groups in total. The maximum atomic E-state index is 13.2. The van der Waals surface area contributed by atoms with Crippen LogP contribution in [0, 0.1) is 22.7 Å². The topological polar surface area (TPSA) is 87.5 Å². The van der Waals surface area contributed by atoms with Crippen molar-refractivity contribution in [1.29, 1.82) is 5.26 Å². The highest BCUT2D eigenvalue weighted by atomic mass is 16.5. The number of benzene rings is 2. The van der Waals surface area contributed by atoms with Crippen LogP contribution in [-0.2, 0) is 25.5 Å². The van der Waals surface area contributed by atoms with Crippen molar-refractivity contribution in [2.45, 2.75) is 19.8 Å². The fraction of sp³-hybridized carbons (Fsp3) is 0.273. The maximum absolute atomic E-state index is 13.2. The molecule has 2 aromatic rings. The second-order valence-corrected chi connectivity index (χ2v) is 6.63. The van der Waals surface area contributed by atoms with Gasteiger partial charge in [-0.2, -0.15) is 5.26 Å². The number of nitriles is 1. The number of ether oxygens (including phenoxy) is 1. The predicted octanol–water partition coefficient (Wildman–Crippen LogP) is 2.88. The SMILES string of the molecule is CCOC(=O)[C@](C#N)(Cc1ccccc1)[C@@H]1CC(=O)N(c2ccccc2)C1=O. The van der Waals surface area contributed by atoms with Crippen LogP contribution >= 0.6 is 0 Å². The summed E-state index contributed by atoms with van der Waals surface area (Å²) in [5.41, 5.74) is -0.626. The Hall–Kier alpha value is -3.46. The molecule has 1 aliphatic rings. The van der Waals surface area contributed by atoms with E-state index in [2.05, 4.69) is 0 Å². The van der Waals surface area contributed by atoms with E-state index in [1.54, 1.807) is 61.5 Å². The maximum Gasteiger partial charge on any atom is 0.327 e. The molecule has 2 amide bonds. The van der Waals surface area contributed by atoms with Gasteiger partial charge in [0.2, 0.25) is 11.8 Å². The van der Waals surface area contributed by atoms with Crippen LogP contribution in [0.25, 0.3) is 0 Å². The molecule has 3 rings (SSSR count). The lowest BCUT2D eigenvalue weighted by atomic mass is 9.71. The van der Waals surface area contributed by atoms with E-state index in [1.807, 2.05) is 12.1 Å². The van der Waals surface area contributed by atoms with E-state index in [1.165, 1.54) is 0 Å². The highest BCUT2D eigenvalue weighted by molar-refractivity contribution is 6.22. The van der Waals surface area contributed by atoms with E-state index < -0.39 is 29.1 Å². The Labute approximate surface area is 163 Å². The molecule has 28 heavy (non-hydrogen) atoms. The van der Waals surface area contributed by atoms with Crippen LogP contribution in [-0.4, -0.2) is 24.4 Å². The summed E-state index contributed by atoms with van der Waals surface area (Å²) in [5.74, 6) is -2.87. The molecule has 6 heteroatoms. The van der Waals surface area contributed by atoms with Crippen LogP contribution in [0.1, 0.15) is 18.9 Å². The summed E-state index contributed by atoms with van der Waals surface area (Å²) in [7, 11) is 0. The smallest absolute Gasteiger partial charge is 0.327 e. The van der Waals surface area contributed by atoms with Crippen LogP contribution in [0.3, 0.4) is 0 Å². The van der Waals surface area contributed by atoms with Crippen LogP contribution < -0.4 is 4.90 Å². The van der Waals surface area contributed by atoms with E-state index in [9.17, 15) is 19.6 Å². The zero-order valence-corrected chi connectivity index (χ0v) is 15.5. The van der Waals surface area contributed by atoms with Gasteiger partial charge in [0.15, 0.2) is 5.41 Å². The van der Waals surface area contributed by atoms with E-state index in [0.29, 0.717) is 5.69 Å². The van der Waals surface area contributed by atoms with Gasteiger partial charge in [0.1, 0.15) is 0 Å². The van der Waals surface area contributed by atoms with Gasteiger partial charge in [0, 0.05) is 12.8 Å². The molecule has 2 atom stereocenters. The van der Waals surface area contributed by atoms with Gasteiger partial charge in [0.05, 0.1) is 24.3 Å². The summed E-state index contributed by atoms with van der Waals surface area (Å²) >= 11 is 0. The Bertz CT molecular complexity index is 921. The van der Waals surface area contributed by atoms with Gasteiger partial charge in [-0.15, -0.1) is 0 Å². The number of para-hydroxylation sites is 1. The lowest BCUT2D eigenvalue weighted by Gasteiger charge is -2.29. The van der Waals surface area contributed by atoms with Gasteiger partial charge in [-0.25, -0.2) is 0 Å². The zero-order valence-electron chi connectivity index (χ0n) is 15.5. The predicted molar refractivity (Wildman–Crippen MR) is 102 cm³/mol. The minimum absolute atomic E-state index is 0.00447. The molecule has 2 aromatic carbocycles. The van der Waals surface area contributed by atoms with Crippen molar-refractivity contribution >= 4 is 23.5 Å². The molecule has 142 valence electrons. The number of esters is 1. The van der Waals surface area contributed by atoms with Crippen molar-refractivity contribution in [1.82, 2.24) is 0 Å². The molecule has 0 spiro atoms. The second-order valence-electron chi connectivity index (χ2n) is 6.63. The number of hydrogen-bond acceptors (Lipinski definition) is 5. The van der Waals surface area contributed by atoms with E-state index in [4.69, 9.17) is 4.74 Å². The van der Waals surface area contributed by atoms with Gasteiger partial charge < -0.3 is 4.74 Å². The summed E-state index contributed by atoms with van der Waals surface area (Å²) in [6.45, 7) is 1.72. The molecule has 0 unspecified atom stereocenters. The molecule has 6 nitrogen and oxygen atoms in total. The molecule has 0 aromatic heterocycles. The van der Waals surface area contributed by atoms with E-state index in [0.717, 1.165) is 10.5 Å². The first-order chi connectivity index (χ1) is 13.5. The third kappa shape index (κ3) is 3.39.